The Hall–Kier alpha value is -1.56. The molecule has 0 unspecified atom stereocenters. The Labute approximate surface area is 121 Å². The van der Waals surface area contributed by atoms with Gasteiger partial charge < -0.3 is 11.1 Å². The standard InChI is InChI=1S/C15H19F3N2O/c1-9-6-14(7-9,8-19)13(21)20-11-4-3-10(2)12(5-11)15(16,17)18/h3-5,9H,6-8,19H2,1-2H3,(H,20,21). The molecule has 1 amide bonds. The van der Waals surface area contributed by atoms with E-state index in [1.165, 1.54) is 19.1 Å². The molecule has 1 aromatic carbocycles. The van der Waals surface area contributed by atoms with Crippen LogP contribution in [0.1, 0.15) is 30.9 Å². The van der Waals surface area contributed by atoms with Gasteiger partial charge in [-0.2, -0.15) is 13.2 Å². The van der Waals surface area contributed by atoms with Crippen LogP contribution in [0, 0.1) is 18.3 Å². The first kappa shape index (κ1) is 15.8. The van der Waals surface area contributed by atoms with Crippen molar-refractivity contribution in [1.82, 2.24) is 0 Å². The number of nitrogens with one attached hydrogen (secondary N) is 1. The molecule has 1 aliphatic carbocycles. The maximum atomic E-state index is 12.9. The van der Waals surface area contributed by atoms with E-state index < -0.39 is 17.2 Å². The molecule has 0 radical (unpaired) electrons. The SMILES string of the molecule is Cc1ccc(NC(=O)C2(CN)CC(C)C2)cc1C(F)(F)F. The Morgan fingerprint density at radius 2 is 2.05 bits per heavy atom. The van der Waals surface area contributed by atoms with Gasteiger partial charge in [-0.05, 0) is 43.4 Å². The fourth-order valence-corrected chi connectivity index (χ4v) is 2.99. The summed E-state index contributed by atoms with van der Waals surface area (Å²) < 4.78 is 38.6. The van der Waals surface area contributed by atoms with E-state index in [-0.39, 0.29) is 23.7 Å². The smallest absolute Gasteiger partial charge is 0.329 e. The molecule has 1 aliphatic rings. The second-order valence-corrected chi connectivity index (χ2v) is 5.98. The minimum Gasteiger partial charge on any atom is -0.329 e. The molecule has 0 bridgehead atoms. The van der Waals surface area contributed by atoms with Crippen LogP contribution in [0.2, 0.25) is 0 Å². The van der Waals surface area contributed by atoms with Crippen LogP contribution >= 0.6 is 0 Å². The maximum absolute atomic E-state index is 12.9. The molecule has 1 saturated carbocycles. The molecule has 0 saturated heterocycles. The van der Waals surface area contributed by atoms with Crippen LogP contribution in [0.4, 0.5) is 18.9 Å². The summed E-state index contributed by atoms with van der Waals surface area (Å²) in [6.45, 7) is 3.62. The third-order valence-electron chi connectivity index (χ3n) is 4.15. The van der Waals surface area contributed by atoms with Crippen LogP contribution < -0.4 is 11.1 Å². The number of carbonyl (C=O) groups excluding carboxylic acids is 1. The van der Waals surface area contributed by atoms with E-state index >= 15 is 0 Å². The lowest BCUT2D eigenvalue weighted by Crippen LogP contribution is -2.51. The number of hydrogen-bond acceptors (Lipinski definition) is 2. The minimum atomic E-state index is -4.43. The molecule has 6 heteroatoms. The molecule has 1 aromatic rings. The van der Waals surface area contributed by atoms with Crippen molar-refractivity contribution in [2.75, 3.05) is 11.9 Å². The zero-order valence-electron chi connectivity index (χ0n) is 12.1. The van der Waals surface area contributed by atoms with Crippen LogP contribution in [0.3, 0.4) is 0 Å². The van der Waals surface area contributed by atoms with E-state index in [4.69, 9.17) is 5.73 Å². The highest BCUT2D eigenvalue weighted by Gasteiger charge is 2.47. The fourth-order valence-electron chi connectivity index (χ4n) is 2.99. The van der Waals surface area contributed by atoms with Crippen molar-refractivity contribution in [1.29, 1.82) is 0 Å². The van der Waals surface area contributed by atoms with Crippen LogP contribution in [0.5, 0.6) is 0 Å². The van der Waals surface area contributed by atoms with E-state index in [0.29, 0.717) is 18.8 Å². The molecule has 0 heterocycles. The molecule has 21 heavy (non-hydrogen) atoms. The molecule has 3 N–H and O–H groups in total. The summed E-state index contributed by atoms with van der Waals surface area (Å²) in [6, 6.07) is 3.81. The Kier molecular flexibility index (Phi) is 4.02. The molecule has 0 aromatic heterocycles. The van der Waals surface area contributed by atoms with Gasteiger partial charge in [0.25, 0.3) is 0 Å². The minimum absolute atomic E-state index is 0.131. The number of aryl methyl sites for hydroxylation is 1. The topological polar surface area (TPSA) is 55.1 Å². The normalized spacial score (nSPS) is 25.3. The Morgan fingerprint density at radius 1 is 1.43 bits per heavy atom. The first-order valence-corrected chi connectivity index (χ1v) is 6.87. The maximum Gasteiger partial charge on any atom is 0.416 e. The summed E-state index contributed by atoms with van der Waals surface area (Å²) in [5.74, 6) is 0.128. The van der Waals surface area contributed by atoms with E-state index in [0.717, 1.165) is 6.07 Å². The van der Waals surface area contributed by atoms with Gasteiger partial charge in [-0.1, -0.05) is 13.0 Å². The predicted molar refractivity (Wildman–Crippen MR) is 74.7 cm³/mol. The zero-order chi connectivity index (χ0) is 15.8. The number of carbonyl (C=O) groups is 1. The monoisotopic (exact) mass is 300 g/mol. The summed E-state index contributed by atoms with van der Waals surface area (Å²) in [4.78, 5) is 12.3. The molecular weight excluding hydrogens is 281 g/mol. The van der Waals surface area contributed by atoms with Crippen molar-refractivity contribution in [3.05, 3.63) is 29.3 Å². The predicted octanol–water partition coefficient (Wildman–Crippen LogP) is 3.33. The third kappa shape index (κ3) is 3.05. The van der Waals surface area contributed by atoms with Crippen molar-refractivity contribution in [3.8, 4) is 0 Å². The van der Waals surface area contributed by atoms with E-state index in [2.05, 4.69) is 5.32 Å². The van der Waals surface area contributed by atoms with Crippen molar-refractivity contribution in [3.63, 3.8) is 0 Å². The summed E-state index contributed by atoms with van der Waals surface area (Å²) in [6.07, 6.45) is -3.08. The highest BCUT2D eigenvalue weighted by atomic mass is 19.4. The molecule has 1 fully saturated rings. The average molecular weight is 300 g/mol. The molecule has 116 valence electrons. The molecule has 0 atom stereocenters. The van der Waals surface area contributed by atoms with Crippen LogP contribution in [-0.4, -0.2) is 12.5 Å². The average Bonchev–Trinajstić information content (AvgIpc) is 2.35. The van der Waals surface area contributed by atoms with Crippen molar-refractivity contribution < 1.29 is 18.0 Å². The van der Waals surface area contributed by atoms with Crippen LogP contribution in [-0.2, 0) is 11.0 Å². The highest BCUT2D eigenvalue weighted by Crippen LogP contribution is 2.45. The second kappa shape index (κ2) is 5.33. The number of nitrogens with two attached hydrogens (primary N) is 1. The molecule has 0 aliphatic heterocycles. The highest BCUT2D eigenvalue weighted by molar-refractivity contribution is 5.96. The van der Waals surface area contributed by atoms with Crippen molar-refractivity contribution in [2.45, 2.75) is 32.9 Å². The zero-order valence-corrected chi connectivity index (χ0v) is 12.1. The number of benzene rings is 1. The Balaban J connectivity index is 2.19. The van der Waals surface area contributed by atoms with Gasteiger partial charge in [-0.3, -0.25) is 4.79 Å². The first-order chi connectivity index (χ1) is 9.68. The van der Waals surface area contributed by atoms with Crippen molar-refractivity contribution in [2.24, 2.45) is 17.1 Å². The Morgan fingerprint density at radius 3 is 2.52 bits per heavy atom. The summed E-state index contributed by atoms with van der Waals surface area (Å²) in [7, 11) is 0. The lowest BCUT2D eigenvalue weighted by Gasteiger charge is -2.44. The number of amides is 1. The Bertz CT molecular complexity index is 548. The largest absolute Gasteiger partial charge is 0.416 e. The number of rotatable bonds is 3. The van der Waals surface area contributed by atoms with Gasteiger partial charge in [0.05, 0.1) is 11.0 Å². The number of hydrogen-bond donors (Lipinski definition) is 2. The van der Waals surface area contributed by atoms with Gasteiger partial charge in [-0.15, -0.1) is 0 Å². The van der Waals surface area contributed by atoms with E-state index in [1.807, 2.05) is 6.92 Å². The fraction of sp³-hybridized carbons (Fsp3) is 0.533. The summed E-state index contributed by atoms with van der Waals surface area (Å²) >= 11 is 0. The van der Waals surface area contributed by atoms with Gasteiger partial charge >= 0.3 is 6.18 Å². The van der Waals surface area contributed by atoms with Gasteiger partial charge in [-0.25, -0.2) is 0 Å². The third-order valence-corrected chi connectivity index (χ3v) is 4.15. The summed E-state index contributed by atoms with van der Waals surface area (Å²) in [5, 5.41) is 2.58. The molecule has 2 rings (SSSR count). The van der Waals surface area contributed by atoms with Gasteiger partial charge in [0.2, 0.25) is 5.91 Å². The van der Waals surface area contributed by atoms with E-state index in [9.17, 15) is 18.0 Å². The van der Waals surface area contributed by atoms with E-state index in [1.54, 1.807) is 0 Å². The molecule has 3 nitrogen and oxygen atoms in total. The quantitative estimate of drug-likeness (QED) is 0.899. The number of alkyl halides is 3. The number of halogens is 3. The van der Waals surface area contributed by atoms with Gasteiger partial charge in [0, 0.05) is 12.2 Å². The second-order valence-electron chi connectivity index (χ2n) is 5.98. The van der Waals surface area contributed by atoms with Gasteiger partial charge in [0.1, 0.15) is 0 Å². The number of anilines is 1. The van der Waals surface area contributed by atoms with Crippen molar-refractivity contribution >= 4 is 11.6 Å². The van der Waals surface area contributed by atoms with Crippen LogP contribution in [0.15, 0.2) is 18.2 Å². The van der Waals surface area contributed by atoms with Gasteiger partial charge in [0.15, 0.2) is 0 Å². The molecule has 0 spiro atoms. The first-order valence-electron chi connectivity index (χ1n) is 6.87. The lowest BCUT2D eigenvalue weighted by molar-refractivity contribution is -0.138. The summed E-state index contributed by atoms with van der Waals surface area (Å²) in [5.41, 5.74) is 4.59. The molecular formula is C15H19F3N2O. The lowest BCUT2D eigenvalue weighted by atomic mass is 9.62. The van der Waals surface area contributed by atoms with Crippen LogP contribution in [0.25, 0.3) is 0 Å².